The summed E-state index contributed by atoms with van der Waals surface area (Å²) in [7, 11) is 0. The van der Waals surface area contributed by atoms with Crippen LogP contribution in [0.15, 0.2) is 24.3 Å². The van der Waals surface area contributed by atoms with Crippen LogP contribution in [0, 0.1) is 15.5 Å². The summed E-state index contributed by atoms with van der Waals surface area (Å²) >= 11 is 1.21. The van der Waals surface area contributed by atoms with Crippen molar-refractivity contribution >= 4 is 33.8 Å². The van der Waals surface area contributed by atoms with E-state index >= 15 is 0 Å². The van der Waals surface area contributed by atoms with Gasteiger partial charge in [0.1, 0.15) is 0 Å². The van der Waals surface area contributed by atoms with Crippen molar-refractivity contribution in [2.45, 2.75) is 33.1 Å². The summed E-state index contributed by atoms with van der Waals surface area (Å²) in [5.74, 6) is -0.203. The number of non-ortho nitro benzene ring substituents is 1. The number of carbonyl (C=O) groups excluding carboxylic acids is 2. The largest absolute Gasteiger partial charge is 0.302 e. The van der Waals surface area contributed by atoms with Crippen LogP contribution in [-0.4, -0.2) is 21.6 Å². The molecule has 0 atom stereocenters. The Labute approximate surface area is 148 Å². The van der Waals surface area contributed by atoms with Gasteiger partial charge in [-0.1, -0.05) is 37.3 Å². The number of anilines is 1. The van der Waals surface area contributed by atoms with Gasteiger partial charge in [0.15, 0.2) is 10.9 Å². The summed E-state index contributed by atoms with van der Waals surface area (Å²) in [5.41, 5.74) is 1.29. The molecule has 1 amide bonds. The third kappa shape index (κ3) is 3.90. The Balaban J connectivity index is 1.68. The molecular weight excluding hydrogens is 342 g/mol. The second-order valence-electron chi connectivity index (χ2n) is 6.88. The van der Waals surface area contributed by atoms with Gasteiger partial charge >= 0.3 is 0 Å². The van der Waals surface area contributed by atoms with E-state index in [1.165, 1.54) is 23.5 Å². The number of fused-ring (bicyclic) bond motifs is 1. The van der Waals surface area contributed by atoms with Crippen LogP contribution in [0.25, 0.3) is 0 Å². The van der Waals surface area contributed by atoms with Crippen LogP contribution in [-0.2, 0) is 17.6 Å². The number of nitro groups is 1. The summed E-state index contributed by atoms with van der Waals surface area (Å²) in [6.45, 7) is 4.06. The topological polar surface area (TPSA) is 102 Å². The van der Waals surface area contributed by atoms with Gasteiger partial charge in [0.2, 0.25) is 5.91 Å². The molecule has 1 N–H and O–H groups in total. The number of rotatable bonds is 4. The molecule has 7 nitrogen and oxygen atoms in total. The number of hydrogen-bond acceptors (Lipinski definition) is 6. The van der Waals surface area contributed by atoms with E-state index in [2.05, 4.69) is 10.3 Å². The molecule has 0 spiro atoms. The molecule has 1 aromatic heterocycles. The number of nitro benzene ring substituents is 1. The van der Waals surface area contributed by atoms with Gasteiger partial charge in [0, 0.05) is 18.6 Å². The van der Waals surface area contributed by atoms with Crippen molar-refractivity contribution in [3.8, 4) is 0 Å². The van der Waals surface area contributed by atoms with E-state index in [1.54, 1.807) is 12.1 Å². The second-order valence-corrected chi connectivity index (χ2v) is 7.88. The van der Waals surface area contributed by atoms with Gasteiger partial charge in [-0.3, -0.25) is 19.7 Å². The number of aromatic nitrogens is 1. The maximum atomic E-state index is 12.2. The Kier molecular flexibility index (Phi) is 4.38. The normalized spacial score (nSPS) is 15.5. The summed E-state index contributed by atoms with van der Waals surface area (Å²) in [5, 5.41) is 13.8. The monoisotopic (exact) mass is 359 g/mol. The Bertz CT molecular complexity index is 855. The van der Waals surface area contributed by atoms with Crippen LogP contribution in [0.2, 0.25) is 0 Å². The van der Waals surface area contributed by atoms with Gasteiger partial charge in [-0.25, -0.2) is 4.98 Å². The first-order chi connectivity index (χ1) is 11.7. The Morgan fingerprint density at radius 2 is 2.00 bits per heavy atom. The smallest absolute Gasteiger partial charge is 0.269 e. The fraction of sp³-hybridized carbons (Fsp3) is 0.353. The molecule has 130 valence electrons. The van der Waals surface area contributed by atoms with Gasteiger partial charge in [-0.2, -0.15) is 0 Å². The van der Waals surface area contributed by atoms with E-state index in [9.17, 15) is 19.7 Å². The highest BCUT2D eigenvalue weighted by molar-refractivity contribution is 7.17. The number of nitrogens with zero attached hydrogens (tertiary/aromatic N) is 2. The first kappa shape index (κ1) is 17.2. The van der Waals surface area contributed by atoms with E-state index in [0.717, 1.165) is 5.69 Å². The molecule has 1 aromatic carbocycles. The number of amides is 1. The fourth-order valence-electron chi connectivity index (χ4n) is 2.86. The predicted octanol–water partition coefficient (Wildman–Crippen LogP) is 3.39. The standard InChI is InChI=1S/C17H17N3O4S/c1-17(2)8-12-15(13(21)9-17)25-16(18-12)19-14(22)7-10-3-5-11(6-4-10)20(23)24/h3-6H,7-9H2,1-2H3,(H,18,19,22). The Morgan fingerprint density at radius 1 is 1.32 bits per heavy atom. The van der Waals surface area contributed by atoms with Crippen molar-refractivity contribution in [2.24, 2.45) is 5.41 Å². The third-order valence-electron chi connectivity index (χ3n) is 3.99. The number of benzene rings is 1. The molecule has 2 aromatic rings. The molecule has 0 bridgehead atoms. The zero-order chi connectivity index (χ0) is 18.2. The average molecular weight is 359 g/mol. The molecule has 0 saturated carbocycles. The molecule has 0 saturated heterocycles. The lowest BCUT2D eigenvalue weighted by atomic mass is 9.78. The molecule has 1 heterocycles. The predicted molar refractivity (Wildman–Crippen MR) is 94.0 cm³/mol. The van der Waals surface area contributed by atoms with Gasteiger partial charge in [-0.05, 0) is 17.4 Å². The summed E-state index contributed by atoms with van der Waals surface area (Å²) in [4.78, 5) is 39.5. The van der Waals surface area contributed by atoms with Crippen molar-refractivity contribution in [3.05, 3.63) is 50.5 Å². The SMILES string of the molecule is CC1(C)CC(=O)c2sc(NC(=O)Cc3ccc([N+](=O)[O-])cc3)nc2C1. The van der Waals surface area contributed by atoms with Crippen molar-refractivity contribution in [3.63, 3.8) is 0 Å². The first-order valence-corrected chi connectivity index (χ1v) is 8.61. The molecule has 25 heavy (non-hydrogen) atoms. The number of nitrogens with one attached hydrogen (secondary N) is 1. The van der Waals surface area contributed by atoms with Crippen LogP contribution in [0.3, 0.4) is 0 Å². The third-order valence-corrected chi connectivity index (χ3v) is 5.05. The number of hydrogen-bond donors (Lipinski definition) is 1. The van der Waals surface area contributed by atoms with Crippen molar-refractivity contribution in [2.75, 3.05) is 5.32 Å². The summed E-state index contributed by atoms with van der Waals surface area (Å²) < 4.78 is 0. The second kappa shape index (κ2) is 6.36. The minimum absolute atomic E-state index is 0.0158. The molecule has 8 heteroatoms. The molecule has 3 rings (SSSR count). The lowest BCUT2D eigenvalue weighted by molar-refractivity contribution is -0.384. The number of thiazole rings is 1. The maximum absolute atomic E-state index is 12.2. The summed E-state index contributed by atoms with van der Waals surface area (Å²) in [6.07, 6.45) is 1.28. The zero-order valence-corrected chi connectivity index (χ0v) is 14.7. The highest BCUT2D eigenvalue weighted by Gasteiger charge is 2.34. The molecule has 0 unspecified atom stereocenters. The van der Waals surface area contributed by atoms with Gasteiger partial charge < -0.3 is 5.32 Å². The Hall–Kier alpha value is -2.61. The van der Waals surface area contributed by atoms with Crippen LogP contribution < -0.4 is 5.32 Å². The molecule has 1 aliphatic rings. The quantitative estimate of drug-likeness (QED) is 0.666. The van der Waals surface area contributed by atoms with Gasteiger partial charge in [0.25, 0.3) is 5.69 Å². The van der Waals surface area contributed by atoms with Crippen molar-refractivity contribution in [1.29, 1.82) is 0 Å². The first-order valence-electron chi connectivity index (χ1n) is 7.80. The lowest BCUT2D eigenvalue weighted by Crippen LogP contribution is -2.26. The Morgan fingerprint density at radius 3 is 2.64 bits per heavy atom. The molecule has 0 radical (unpaired) electrons. The minimum Gasteiger partial charge on any atom is -0.302 e. The van der Waals surface area contributed by atoms with Gasteiger partial charge in [-0.15, -0.1) is 0 Å². The zero-order valence-electron chi connectivity index (χ0n) is 13.9. The van der Waals surface area contributed by atoms with Crippen LogP contribution in [0.5, 0.6) is 0 Å². The number of Topliss-reactive ketones (excluding diaryl/α,β-unsaturated/α-hetero) is 1. The van der Waals surface area contributed by atoms with E-state index in [4.69, 9.17) is 0 Å². The summed E-state index contributed by atoms with van der Waals surface area (Å²) in [6, 6.07) is 5.84. The van der Waals surface area contributed by atoms with Gasteiger partial charge in [0.05, 0.1) is 21.9 Å². The van der Waals surface area contributed by atoms with E-state index < -0.39 is 4.92 Å². The number of ketones is 1. The van der Waals surface area contributed by atoms with Crippen LogP contribution in [0.1, 0.15) is 41.2 Å². The lowest BCUT2D eigenvalue weighted by Gasteiger charge is -2.26. The van der Waals surface area contributed by atoms with Crippen LogP contribution in [0.4, 0.5) is 10.8 Å². The minimum atomic E-state index is -0.484. The van der Waals surface area contributed by atoms with Crippen molar-refractivity contribution in [1.82, 2.24) is 4.98 Å². The highest BCUT2D eigenvalue weighted by atomic mass is 32.1. The van der Waals surface area contributed by atoms with E-state index in [-0.39, 0.29) is 29.2 Å². The molecular formula is C17H17N3O4S. The fourth-order valence-corrected chi connectivity index (χ4v) is 3.79. The van der Waals surface area contributed by atoms with Crippen molar-refractivity contribution < 1.29 is 14.5 Å². The molecule has 0 aliphatic heterocycles. The van der Waals surface area contributed by atoms with E-state index in [1.807, 2.05) is 13.8 Å². The average Bonchev–Trinajstić information content (AvgIpc) is 2.88. The maximum Gasteiger partial charge on any atom is 0.269 e. The van der Waals surface area contributed by atoms with E-state index in [0.29, 0.717) is 28.4 Å². The highest BCUT2D eigenvalue weighted by Crippen LogP contribution is 2.38. The molecule has 1 aliphatic carbocycles. The molecule has 0 fully saturated rings. The van der Waals surface area contributed by atoms with Crippen LogP contribution >= 0.6 is 11.3 Å². The number of carbonyl (C=O) groups is 2.